The molecule has 0 radical (unpaired) electrons. The summed E-state index contributed by atoms with van der Waals surface area (Å²) in [4.78, 5) is 69.6. The van der Waals surface area contributed by atoms with Crippen LogP contribution in [0.5, 0.6) is 5.75 Å². The van der Waals surface area contributed by atoms with Gasteiger partial charge in [0.2, 0.25) is 17.7 Å². The first-order chi connectivity index (χ1) is 20.2. The van der Waals surface area contributed by atoms with Crippen LogP contribution < -0.4 is 44.6 Å². The van der Waals surface area contributed by atoms with Gasteiger partial charge in [-0.3, -0.25) is 29.2 Å². The molecule has 0 spiro atoms. The minimum absolute atomic E-state index is 0.0236. The number of rotatable bonds is 19. The molecule has 0 saturated heterocycles. The number of guanidine groups is 2. The summed E-state index contributed by atoms with van der Waals surface area (Å²) in [5.74, 6) is -5.92. The Morgan fingerprint density at radius 1 is 0.721 bits per heavy atom. The van der Waals surface area contributed by atoms with Crippen molar-refractivity contribution in [2.45, 2.75) is 62.7 Å². The summed E-state index contributed by atoms with van der Waals surface area (Å²) in [6.07, 6.45) is -0.543. The van der Waals surface area contributed by atoms with Crippen LogP contribution >= 0.6 is 0 Å². The predicted molar refractivity (Wildman–Crippen MR) is 155 cm³/mol. The van der Waals surface area contributed by atoms with E-state index in [0.29, 0.717) is 5.56 Å². The van der Waals surface area contributed by atoms with Crippen LogP contribution in [0.4, 0.5) is 0 Å². The van der Waals surface area contributed by atoms with Gasteiger partial charge in [-0.25, -0.2) is 4.79 Å². The number of hydrogen-bond acceptors (Lipinski definition) is 9. The molecule has 3 amide bonds. The van der Waals surface area contributed by atoms with E-state index in [2.05, 4.69) is 25.9 Å². The molecular weight excluding hydrogens is 568 g/mol. The second-order valence-corrected chi connectivity index (χ2v) is 9.49. The zero-order valence-corrected chi connectivity index (χ0v) is 23.4. The van der Waals surface area contributed by atoms with E-state index in [-0.39, 0.29) is 62.9 Å². The Hall–Kier alpha value is -5.13. The third kappa shape index (κ3) is 14.9. The quantitative estimate of drug-likeness (QED) is 0.0411. The molecule has 18 nitrogen and oxygen atoms in total. The Morgan fingerprint density at radius 3 is 1.67 bits per heavy atom. The normalized spacial score (nSPS) is 13.3. The minimum Gasteiger partial charge on any atom is -0.508 e. The molecule has 0 aromatic heterocycles. The highest BCUT2D eigenvalue weighted by molar-refractivity contribution is 5.95. The molecule has 4 atom stereocenters. The summed E-state index contributed by atoms with van der Waals surface area (Å²) in [6.45, 7) is 0.189. The highest BCUT2D eigenvalue weighted by atomic mass is 16.4. The minimum atomic E-state index is -1.69. The summed E-state index contributed by atoms with van der Waals surface area (Å²) in [5.41, 5.74) is 27.7. The molecule has 0 aliphatic heterocycles. The molecule has 18 heteroatoms. The first kappa shape index (κ1) is 35.9. The zero-order valence-electron chi connectivity index (χ0n) is 23.4. The number of nitrogens with one attached hydrogen (secondary N) is 3. The van der Waals surface area contributed by atoms with Crippen molar-refractivity contribution in [3.63, 3.8) is 0 Å². The number of amides is 3. The maximum atomic E-state index is 13.2. The van der Waals surface area contributed by atoms with E-state index in [9.17, 15) is 39.3 Å². The number of nitrogens with zero attached hydrogens (tertiary/aromatic N) is 2. The van der Waals surface area contributed by atoms with Crippen LogP contribution in [-0.4, -0.2) is 94.2 Å². The average Bonchev–Trinajstić information content (AvgIpc) is 2.91. The van der Waals surface area contributed by atoms with Crippen LogP contribution in [0.25, 0.3) is 0 Å². The molecule has 43 heavy (non-hydrogen) atoms. The van der Waals surface area contributed by atoms with Gasteiger partial charge in [0.1, 0.15) is 23.9 Å². The van der Waals surface area contributed by atoms with Gasteiger partial charge in [0.05, 0.1) is 12.5 Å². The van der Waals surface area contributed by atoms with E-state index in [1.807, 2.05) is 0 Å². The number of aliphatic imine (C=N–C) groups is 2. The van der Waals surface area contributed by atoms with Gasteiger partial charge < -0.3 is 59.9 Å². The number of hydrogen-bond donors (Lipinski definition) is 11. The van der Waals surface area contributed by atoms with Gasteiger partial charge in [0, 0.05) is 13.1 Å². The van der Waals surface area contributed by atoms with Crippen molar-refractivity contribution in [3.8, 4) is 5.75 Å². The standard InChI is InChI=1S/C25H40N10O8/c26-15(11-13-5-7-14(36)8-6-13)20(39)33-16(3-1-9-31-24(27)28)21(40)35-18(12-19(37)38)22(41)34-17(23(42)43)4-2-10-32-25(29)30/h5-8,15-18,36H,1-4,9-12,26H2,(H,33,39)(H,34,41)(H,35,40)(H,37,38)(H,42,43)(H4,27,28,31)(H4,29,30,32). The maximum absolute atomic E-state index is 13.2. The molecule has 16 N–H and O–H groups in total. The Kier molecular flexibility index (Phi) is 15.3. The van der Waals surface area contributed by atoms with Crippen molar-refractivity contribution in [1.29, 1.82) is 0 Å². The van der Waals surface area contributed by atoms with Crippen LogP contribution in [0.15, 0.2) is 34.3 Å². The highest BCUT2D eigenvalue weighted by Crippen LogP contribution is 2.11. The fraction of sp³-hybridized carbons (Fsp3) is 0.480. The number of aromatic hydroxyl groups is 1. The maximum Gasteiger partial charge on any atom is 0.326 e. The fourth-order valence-electron chi connectivity index (χ4n) is 3.72. The number of carbonyl (C=O) groups excluding carboxylic acids is 3. The third-order valence-corrected chi connectivity index (χ3v) is 5.88. The molecule has 0 heterocycles. The SMILES string of the molecule is NC(N)=NCCCC(NC(=O)C(CC(=O)O)NC(=O)C(CCCN=C(N)N)NC(=O)C(N)Cc1ccc(O)cc1)C(=O)O. The van der Waals surface area contributed by atoms with Crippen LogP contribution in [0.3, 0.4) is 0 Å². The fourth-order valence-corrected chi connectivity index (χ4v) is 3.72. The highest BCUT2D eigenvalue weighted by Gasteiger charge is 2.31. The average molecular weight is 609 g/mol. The summed E-state index contributed by atoms with van der Waals surface area (Å²) < 4.78 is 0. The monoisotopic (exact) mass is 608 g/mol. The van der Waals surface area contributed by atoms with Gasteiger partial charge in [-0.05, 0) is 49.8 Å². The molecule has 0 fully saturated rings. The number of phenolic OH excluding ortho intramolecular Hbond substituents is 1. The number of carboxylic acid groups (broad SMARTS) is 2. The number of carboxylic acids is 2. The Bertz CT molecular complexity index is 1170. The summed E-state index contributed by atoms with van der Waals surface area (Å²) in [5, 5.41) is 35.2. The lowest BCUT2D eigenvalue weighted by molar-refractivity contribution is -0.143. The van der Waals surface area contributed by atoms with Gasteiger partial charge in [-0.1, -0.05) is 12.1 Å². The lowest BCUT2D eigenvalue weighted by Crippen LogP contribution is -2.57. The Labute approximate surface area is 247 Å². The van der Waals surface area contributed by atoms with Gasteiger partial charge in [0.25, 0.3) is 0 Å². The molecule has 0 bridgehead atoms. The largest absolute Gasteiger partial charge is 0.508 e. The molecule has 0 aliphatic rings. The van der Waals surface area contributed by atoms with Gasteiger partial charge in [0.15, 0.2) is 11.9 Å². The first-order valence-electron chi connectivity index (χ1n) is 13.2. The summed E-state index contributed by atoms with van der Waals surface area (Å²) in [6, 6.07) is 0.483. The van der Waals surface area contributed by atoms with Gasteiger partial charge in [-0.15, -0.1) is 0 Å². The van der Waals surface area contributed by atoms with Crippen molar-refractivity contribution in [3.05, 3.63) is 29.8 Å². The summed E-state index contributed by atoms with van der Waals surface area (Å²) in [7, 11) is 0. The predicted octanol–water partition coefficient (Wildman–Crippen LogP) is -3.62. The molecule has 1 aromatic rings. The number of carbonyl (C=O) groups is 5. The molecule has 238 valence electrons. The van der Waals surface area contributed by atoms with Gasteiger partial charge in [-0.2, -0.15) is 0 Å². The van der Waals surface area contributed by atoms with Crippen molar-refractivity contribution in [1.82, 2.24) is 16.0 Å². The second-order valence-electron chi connectivity index (χ2n) is 9.49. The van der Waals surface area contributed by atoms with Crippen LogP contribution in [0, 0.1) is 0 Å². The lowest BCUT2D eigenvalue weighted by Gasteiger charge is -2.24. The first-order valence-corrected chi connectivity index (χ1v) is 13.2. The lowest BCUT2D eigenvalue weighted by atomic mass is 10.0. The summed E-state index contributed by atoms with van der Waals surface area (Å²) >= 11 is 0. The molecule has 0 saturated carbocycles. The Morgan fingerprint density at radius 2 is 1.19 bits per heavy atom. The Balaban J connectivity index is 3.03. The van der Waals surface area contributed by atoms with Crippen molar-refractivity contribution in [2.24, 2.45) is 38.7 Å². The van der Waals surface area contributed by atoms with Gasteiger partial charge >= 0.3 is 11.9 Å². The van der Waals surface area contributed by atoms with Crippen molar-refractivity contribution in [2.75, 3.05) is 13.1 Å². The van der Waals surface area contributed by atoms with Crippen LogP contribution in [0.2, 0.25) is 0 Å². The van der Waals surface area contributed by atoms with E-state index >= 15 is 0 Å². The number of nitrogens with two attached hydrogens (primary N) is 5. The molecule has 1 rings (SSSR count). The molecule has 0 aliphatic carbocycles. The second kappa shape index (κ2) is 18.3. The number of benzene rings is 1. The van der Waals surface area contributed by atoms with Crippen molar-refractivity contribution < 1.29 is 39.3 Å². The van der Waals surface area contributed by atoms with E-state index in [1.54, 1.807) is 12.1 Å². The number of phenols is 1. The molecular formula is C25H40N10O8. The van der Waals surface area contributed by atoms with E-state index in [1.165, 1.54) is 12.1 Å². The topological polar surface area (TPSA) is 337 Å². The zero-order chi connectivity index (χ0) is 32.5. The third-order valence-electron chi connectivity index (χ3n) is 5.88. The smallest absolute Gasteiger partial charge is 0.326 e. The van der Waals surface area contributed by atoms with Crippen molar-refractivity contribution >= 4 is 41.6 Å². The molecule has 4 unspecified atom stereocenters. The van der Waals surface area contributed by atoms with E-state index < -0.39 is 60.2 Å². The van der Waals surface area contributed by atoms with Crippen LogP contribution in [-0.2, 0) is 30.4 Å². The van der Waals surface area contributed by atoms with E-state index in [4.69, 9.17) is 28.7 Å². The molecule has 1 aromatic carbocycles. The number of aliphatic carboxylic acids is 2. The van der Waals surface area contributed by atoms with Crippen LogP contribution in [0.1, 0.15) is 37.7 Å². The van der Waals surface area contributed by atoms with E-state index in [0.717, 1.165) is 0 Å².